The van der Waals surface area contributed by atoms with E-state index in [2.05, 4.69) is 10.5 Å². The van der Waals surface area contributed by atoms with E-state index < -0.39 is 0 Å². The molecule has 0 aliphatic heterocycles. The fourth-order valence-electron chi connectivity index (χ4n) is 1.66. The van der Waals surface area contributed by atoms with Gasteiger partial charge in [0.1, 0.15) is 17.3 Å². The van der Waals surface area contributed by atoms with E-state index in [9.17, 15) is 4.79 Å². The molecule has 110 valence electrons. The number of carbonyl (C=O) groups excluding carboxylic acids is 1. The number of hydrazone groups is 1. The van der Waals surface area contributed by atoms with Gasteiger partial charge >= 0.3 is 0 Å². The standard InChI is InChI=1S/C16H18N2O3/c1-3-10-20-14-8-5-13(6-9-14)16(19)18-17-11-15-7-4-12(2)21-15/h4-9,11H,3,10H2,1-2H3,(H,18,19)/b17-11+. The van der Waals surface area contributed by atoms with Crippen molar-refractivity contribution < 1.29 is 13.9 Å². The minimum Gasteiger partial charge on any atom is -0.494 e. The van der Waals surface area contributed by atoms with Crippen LogP contribution in [0, 0.1) is 6.92 Å². The number of aryl methyl sites for hydroxylation is 1. The fourth-order valence-corrected chi connectivity index (χ4v) is 1.66. The van der Waals surface area contributed by atoms with Crippen molar-refractivity contribution in [3.63, 3.8) is 0 Å². The summed E-state index contributed by atoms with van der Waals surface area (Å²) in [5.41, 5.74) is 2.97. The molecular weight excluding hydrogens is 268 g/mol. The molecule has 0 saturated heterocycles. The molecule has 0 unspecified atom stereocenters. The van der Waals surface area contributed by atoms with Crippen molar-refractivity contribution in [1.29, 1.82) is 0 Å². The van der Waals surface area contributed by atoms with Crippen LogP contribution in [0.5, 0.6) is 5.75 Å². The van der Waals surface area contributed by atoms with Gasteiger partial charge in [-0.3, -0.25) is 4.79 Å². The molecule has 2 rings (SSSR count). The van der Waals surface area contributed by atoms with Crippen LogP contribution in [0.25, 0.3) is 0 Å². The molecule has 0 fully saturated rings. The number of furan rings is 1. The van der Waals surface area contributed by atoms with Gasteiger partial charge in [-0.05, 0) is 49.7 Å². The van der Waals surface area contributed by atoms with Gasteiger partial charge in [0.2, 0.25) is 0 Å². The van der Waals surface area contributed by atoms with Crippen LogP contribution in [0.2, 0.25) is 0 Å². The van der Waals surface area contributed by atoms with Crippen LogP contribution in [0.4, 0.5) is 0 Å². The second-order valence-electron chi connectivity index (χ2n) is 4.52. The molecule has 0 aliphatic carbocycles. The monoisotopic (exact) mass is 286 g/mol. The zero-order valence-corrected chi connectivity index (χ0v) is 12.1. The van der Waals surface area contributed by atoms with Crippen molar-refractivity contribution in [2.45, 2.75) is 20.3 Å². The number of nitrogens with zero attached hydrogens (tertiary/aromatic N) is 1. The van der Waals surface area contributed by atoms with Gasteiger partial charge in [-0.25, -0.2) is 5.43 Å². The Morgan fingerprint density at radius 1 is 1.29 bits per heavy atom. The van der Waals surface area contributed by atoms with Crippen LogP contribution in [-0.2, 0) is 0 Å². The number of ether oxygens (including phenoxy) is 1. The summed E-state index contributed by atoms with van der Waals surface area (Å²) in [5.74, 6) is 1.86. The molecule has 5 nitrogen and oxygen atoms in total. The highest BCUT2D eigenvalue weighted by molar-refractivity contribution is 5.94. The lowest BCUT2D eigenvalue weighted by Crippen LogP contribution is -2.17. The number of hydrogen-bond donors (Lipinski definition) is 1. The average Bonchev–Trinajstić information content (AvgIpc) is 2.91. The number of benzene rings is 1. The zero-order valence-electron chi connectivity index (χ0n) is 12.1. The Morgan fingerprint density at radius 3 is 2.67 bits per heavy atom. The van der Waals surface area contributed by atoms with Crippen LogP contribution in [0.3, 0.4) is 0 Å². The van der Waals surface area contributed by atoms with Crippen LogP contribution in [-0.4, -0.2) is 18.7 Å². The third-order valence-corrected chi connectivity index (χ3v) is 2.71. The van der Waals surface area contributed by atoms with E-state index in [4.69, 9.17) is 9.15 Å². The normalized spacial score (nSPS) is 10.8. The molecule has 0 aliphatic rings. The summed E-state index contributed by atoms with van der Waals surface area (Å²) in [6.45, 7) is 4.55. The van der Waals surface area contributed by atoms with Crippen LogP contribution < -0.4 is 10.2 Å². The lowest BCUT2D eigenvalue weighted by atomic mass is 10.2. The summed E-state index contributed by atoms with van der Waals surface area (Å²) >= 11 is 0. The summed E-state index contributed by atoms with van der Waals surface area (Å²) < 4.78 is 10.8. The maximum atomic E-state index is 11.9. The van der Waals surface area contributed by atoms with E-state index in [1.165, 1.54) is 6.21 Å². The van der Waals surface area contributed by atoms with Crippen LogP contribution in [0.15, 0.2) is 45.9 Å². The van der Waals surface area contributed by atoms with Gasteiger partial charge in [0, 0.05) is 5.56 Å². The second-order valence-corrected chi connectivity index (χ2v) is 4.52. The Bertz CT molecular complexity index is 615. The molecule has 21 heavy (non-hydrogen) atoms. The lowest BCUT2D eigenvalue weighted by Gasteiger charge is -2.05. The SMILES string of the molecule is CCCOc1ccc(C(=O)N/N=C/c2ccc(C)o2)cc1. The van der Waals surface area contributed by atoms with Crippen molar-refractivity contribution in [2.75, 3.05) is 6.61 Å². The van der Waals surface area contributed by atoms with Gasteiger partial charge in [-0.1, -0.05) is 6.92 Å². The topological polar surface area (TPSA) is 63.8 Å². The summed E-state index contributed by atoms with van der Waals surface area (Å²) in [7, 11) is 0. The zero-order chi connectivity index (χ0) is 15.1. The number of carbonyl (C=O) groups is 1. The first-order chi connectivity index (χ1) is 10.2. The highest BCUT2D eigenvalue weighted by atomic mass is 16.5. The van der Waals surface area contributed by atoms with Gasteiger partial charge in [0.25, 0.3) is 5.91 Å². The highest BCUT2D eigenvalue weighted by Gasteiger charge is 2.04. The number of amides is 1. The van der Waals surface area contributed by atoms with Gasteiger partial charge in [-0.2, -0.15) is 5.10 Å². The predicted octanol–water partition coefficient (Wildman–Crippen LogP) is 3.14. The Balaban J connectivity index is 1.89. The van der Waals surface area contributed by atoms with Gasteiger partial charge in [0.05, 0.1) is 12.8 Å². The maximum Gasteiger partial charge on any atom is 0.271 e. The molecule has 2 aromatic rings. The van der Waals surface area contributed by atoms with E-state index >= 15 is 0 Å². The molecule has 1 amide bonds. The van der Waals surface area contributed by atoms with Crippen molar-refractivity contribution >= 4 is 12.1 Å². The Kier molecular flexibility index (Phi) is 5.15. The van der Waals surface area contributed by atoms with Crippen molar-refractivity contribution in [2.24, 2.45) is 5.10 Å². The van der Waals surface area contributed by atoms with Gasteiger partial charge < -0.3 is 9.15 Å². The van der Waals surface area contributed by atoms with Crippen molar-refractivity contribution in [3.05, 3.63) is 53.5 Å². The summed E-state index contributed by atoms with van der Waals surface area (Å²) in [6.07, 6.45) is 2.41. The van der Waals surface area contributed by atoms with Crippen molar-refractivity contribution in [1.82, 2.24) is 5.43 Å². The third kappa shape index (κ3) is 4.49. The Labute approximate surface area is 123 Å². The fraction of sp³-hybridized carbons (Fsp3) is 0.250. The number of hydrogen-bond acceptors (Lipinski definition) is 4. The number of nitrogens with one attached hydrogen (secondary N) is 1. The smallest absolute Gasteiger partial charge is 0.271 e. The minimum atomic E-state index is -0.281. The van der Waals surface area contributed by atoms with Gasteiger partial charge in [0.15, 0.2) is 0 Å². The van der Waals surface area contributed by atoms with E-state index in [0.717, 1.165) is 17.9 Å². The third-order valence-electron chi connectivity index (χ3n) is 2.71. The quantitative estimate of drug-likeness (QED) is 0.655. The Hall–Kier alpha value is -2.56. The minimum absolute atomic E-state index is 0.281. The summed E-state index contributed by atoms with van der Waals surface area (Å²) in [6, 6.07) is 10.6. The molecule has 1 heterocycles. The molecule has 0 spiro atoms. The Morgan fingerprint density at radius 2 is 2.05 bits per heavy atom. The first kappa shape index (κ1) is 14.8. The van der Waals surface area contributed by atoms with Crippen LogP contribution >= 0.6 is 0 Å². The molecular formula is C16H18N2O3. The molecule has 1 N–H and O–H groups in total. The molecule has 5 heteroatoms. The average molecular weight is 286 g/mol. The van der Waals surface area contributed by atoms with Crippen molar-refractivity contribution in [3.8, 4) is 5.75 Å². The predicted molar refractivity (Wildman–Crippen MR) is 80.7 cm³/mol. The van der Waals surface area contributed by atoms with Gasteiger partial charge in [-0.15, -0.1) is 0 Å². The first-order valence-electron chi connectivity index (χ1n) is 6.81. The highest BCUT2D eigenvalue weighted by Crippen LogP contribution is 2.12. The van der Waals surface area contributed by atoms with E-state index in [0.29, 0.717) is 17.9 Å². The molecule has 0 bridgehead atoms. The molecule has 0 saturated carbocycles. The largest absolute Gasteiger partial charge is 0.494 e. The summed E-state index contributed by atoms with van der Waals surface area (Å²) in [4.78, 5) is 11.9. The lowest BCUT2D eigenvalue weighted by molar-refractivity contribution is 0.0955. The van der Waals surface area contributed by atoms with E-state index in [-0.39, 0.29) is 5.91 Å². The maximum absolute atomic E-state index is 11.9. The molecule has 0 atom stereocenters. The molecule has 1 aromatic heterocycles. The molecule has 1 aromatic carbocycles. The van der Waals surface area contributed by atoms with E-state index in [1.54, 1.807) is 30.3 Å². The van der Waals surface area contributed by atoms with E-state index in [1.807, 2.05) is 19.9 Å². The number of rotatable bonds is 6. The molecule has 0 radical (unpaired) electrons. The first-order valence-corrected chi connectivity index (χ1v) is 6.81. The second kappa shape index (κ2) is 7.28. The summed E-state index contributed by atoms with van der Waals surface area (Å²) in [5, 5.41) is 3.85. The van der Waals surface area contributed by atoms with Crippen LogP contribution in [0.1, 0.15) is 35.2 Å².